The molecule has 0 fully saturated rings. The number of ketones is 1. The molecule has 0 saturated heterocycles. The van der Waals surface area contributed by atoms with Crippen molar-refractivity contribution < 1.29 is 9.18 Å². The zero-order valence-corrected chi connectivity index (χ0v) is 11.2. The predicted octanol–water partition coefficient (Wildman–Crippen LogP) is 3.81. The van der Waals surface area contributed by atoms with Crippen molar-refractivity contribution in [2.24, 2.45) is 0 Å². The lowest BCUT2D eigenvalue weighted by Crippen LogP contribution is -2.17. The lowest BCUT2D eigenvalue weighted by Gasteiger charge is -2.11. The molecular formula is C13H16BrFO. The Morgan fingerprint density at radius 3 is 2.75 bits per heavy atom. The molecule has 0 aromatic heterocycles. The van der Waals surface area contributed by atoms with Gasteiger partial charge in [0.05, 0.1) is 4.83 Å². The van der Waals surface area contributed by atoms with E-state index in [9.17, 15) is 9.18 Å². The maximum absolute atomic E-state index is 13.5. The van der Waals surface area contributed by atoms with Gasteiger partial charge in [0.2, 0.25) is 0 Å². The molecule has 1 aromatic carbocycles. The molecule has 0 aliphatic rings. The number of carbonyl (C=O) groups excluding carboxylic acids is 1. The summed E-state index contributed by atoms with van der Waals surface area (Å²) in [4.78, 5) is 11.3. The molecule has 0 aliphatic heterocycles. The van der Waals surface area contributed by atoms with E-state index in [-0.39, 0.29) is 16.4 Å². The molecule has 0 N–H and O–H groups in total. The maximum Gasteiger partial charge on any atom is 0.146 e. The number of alkyl halides is 1. The number of halogens is 2. The average Bonchev–Trinajstić information content (AvgIpc) is 2.23. The summed E-state index contributed by atoms with van der Waals surface area (Å²) in [5.41, 5.74) is 1.53. The van der Waals surface area contributed by atoms with Gasteiger partial charge in [-0.1, -0.05) is 35.0 Å². The Hall–Kier alpha value is -0.700. The van der Waals surface area contributed by atoms with Gasteiger partial charge in [0.25, 0.3) is 0 Å². The highest BCUT2D eigenvalue weighted by Gasteiger charge is 2.17. The number of Topliss-reactive ketones (excluding diaryl/α,β-unsaturated/α-hetero) is 1. The molecule has 0 spiro atoms. The fraction of sp³-hybridized carbons (Fsp3) is 0.462. The summed E-state index contributed by atoms with van der Waals surface area (Å²) in [5, 5.41) is 0. The SMILES string of the molecule is CCCC(=O)C(Br)Cc1c(C)cccc1F. The Morgan fingerprint density at radius 2 is 2.19 bits per heavy atom. The van der Waals surface area contributed by atoms with E-state index in [0.717, 1.165) is 12.0 Å². The van der Waals surface area contributed by atoms with E-state index in [2.05, 4.69) is 15.9 Å². The van der Waals surface area contributed by atoms with Crippen LogP contribution in [-0.4, -0.2) is 10.6 Å². The molecule has 1 atom stereocenters. The lowest BCUT2D eigenvalue weighted by molar-refractivity contribution is -0.118. The van der Waals surface area contributed by atoms with Gasteiger partial charge in [0.15, 0.2) is 0 Å². The molecule has 1 unspecified atom stereocenters. The minimum Gasteiger partial charge on any atom is -0.298 e. The number of hydrogen-bond donors (Lipinski definition) is 0. The average molecular weight is 287 g/mol. The molecule has 0 saturated carbocycles. The lowest BCUT2D eigenvalue weighted by atomic mass is 10.0. The minimum atomic E-state index is -0.275. The Labute approximate surface area is 104 Å². The second-order valence-electron chi connectivity index (χ2n) is 3.92. The third kappa shape index (κ3) is 3.41. The number of aryl methyl sites for hydroxylation is 1. The first-order valence-electron chi connectivity index (χ1n) is 5.47. The Bertz CT molecular complexity index is 356. The summed E-state index contributed by atoms with van der Waals surface area (Å²) in [6.07, 6.45) is 1.80. The van der Waals surface area contributed by atoms with E-state index in [0.29, 0.717) is 18.4 Å². The zero-order chi connectivity index (χ0) is 12.1. The van der Waals surface area contributed by atoms with Crippen molar-refractivity contribution in [2.45, 2.75) is 37.9 Å². The molecule has 3 heteroatoms. The van der Waals surface area contributed by atoms with Crippen LogP contribution in [0.25, 0.3) is 0 Å². The monoisotopic (exact) mass is 286 g/mol. The highest BCUT2D eigenvalue weighted by molar-refractivity contribution is 9.10. The van der Waals surface area contributed by atoms with E-state index >= 15 is 0 Å². The van der Waals surface area contributed by atoms with Gasteiger partial charge in [0.1, 0.15) is 11.6 Å². The number of benzene rings is 1. The van der Waals surface area contributed by atoms with Crippen molar-refractivity contribution in [1.29, 1.82) is 0 Å². The van der Waals surface area contributed by atoms with Crippen LogP contribution in [0.5, 0.6) is 0 Å². The Balaban J connectivity index is 2.76. The Kier molecular flexibility index (Phi) is 5.13. The van der Waals surface area contributed by atoms with Gasteiger partial charge < -0.3 is 0 Å². The first kappa shape index (κ1) is 13.4. The van der Waals surface area contributed by atoms with Crippen LogP contribution in [0.15, 0.2) is 18.2 Å². The van der Waals surface area contributed by atoms with Gasteiger partial charge >= 0.3 is 0 Å². The molecule has 1 rings (SSSR count). The number of rotatable bonds is 5. The van der Waals surface area contributed by atoms with E-state index in [1.54, 1.807) is 6.07 Å². The second-order valence-corrected chi connectivity index (χ2v) is 5.03. The summed E-state index contributed by atoms with van der Waals surface area (Å²) in [5.74, 6) is -0.0844. The standard InChI is InChI=1S/C13H16BrFO/c1-3-5-13(16)11(14)8-10-9(2)6-4-7-12(10)15/h4,6-7,11H,3,5,8H2,1-2H3. The molecule has 0 heterocycles. The molecule has 1 aromatic rings. The molecule has 0 radical (unpaired) electrons. The summed E-state index contributed by atoms with van der Waals surface area (Å²) >= 11 is 3.33. The van der Waals surface area contributed by atoms with Gasteiger partial charge in [-0.25, -0.2) is 4.39 Å². The largest absolute Gasteiger partial charge is 0.298 e. The highest BCUT2D eigenvalue weighted by Crippen LogP contribution is 2.19. The van der Waals surface area contributed by atoms with E-state index in [4.69, 9.17) is 0 Å². The molecule has 0 amide bonds. The van der Waals surface area contributed by atoms with Crippen molar-refractivity contribution in [3.8, 4) is 0 Å². The fourth-order valence-corrected chi connectivity index (χ4v) is 2.17. The molecular weight excluding hydrogens is 271 g/mol. The van der Waals surface area contributed by atoms with E-state index in [1.807, 2.05) is 19.9 Å². The van der Waals surface area contributed by atoms with Crippen molar-refractivity contribution in [3.63, 3.8) is 0 Å². The van der Waals surface area contributed by atoms with Crippen LogP contribution in [0, 0.1) is 12.7 Å². The van der Waals surface area contributed by atoms with Crippen LogP contribution in [0.4, 0.5) is 4.39 Å². The van der Waals surface area contributed by atoms with Crippen LogP contribution in [0.3, 0.4) is 0 Å². The van der Waals surface area contributed by atoms with Crippen LogP contribution in [0.2, 0.25) is 0 Å². The molecule has 16 heavy (non-hydrogen) atoms. The number of carbonyl (C=O) groups is 1. The fourth-order valence-electron chi connectivity index (χ4n) is 1.62. The smallest absolute Gasteiger partial charge is 0.146 e. The van der Waals surface area contributed by atoms with Gasteiger partial charge in [0, 0.05) is 6.42 Å². The van der Waals surface area contributed by atoms with Gasteiger partial charge in [-0.2, -0.15) is 0 Å². The maximum atomic E-state index is 13.5. The van der Waals surface area contributed by atoms with Crippen molar-refractivity contribution in [1.82, 2.24) is 0 Å². The first-order valence-corrected chi connectivity index (χ1v) is 6.38. The molecule has 0 aliphatic carbocycles. The van der Waals surface area contributed by atoms with Crippen LogP contribution in [0.1, 0.15) is 30.9 Å². The number of hydrogen-bond acceptors (Lipinski definition) is 1. The summed E-state index contributed by atoms with van der Waals surface area (Å²) < 4.78 is 13.5. The van der Waals surface area contributed by atoms with Crippen LogP contribution < -0.4 is 0 Å². The van der Waals surface area contributed by atoms with Crippen molar-refractivity contribution in [2.75, 3.05) is 0 Å². The summed E-state index contributed by atoms with van der Waals surface area (Å²) in [6, 6.07) is 4.99. The van der Waals surface area contributed by atoms with Crippen LogP contribution in [-0.2, 0) is 11.2 Å². The van der Waals surface area contributed by atoms with Gasteiger partial charge in [-0.3, -0.25) is 4.79 Å². The second kappa shape index (κ2) is 6.14. The quantitative estimate of drug-likeness (QED) is 0.753. The van der Waals surface area contributed by atoms with Gasteiger partial charge in [-0.15, -0.1) is 0 Å². The zero-order valence-electron chi connectivity index (χ0n) is 9.59. The van der Waals surface area contributed by atoms with Crippen molar-refractivity contribution in [3.05, 3.63) is 35.1 Å². The molecule has 88 valence electrons. The van der Waals surface area contributed by atoms with Crippen LogP contribution >= 0.6 is 15.9 Å². The highest BCUT2D eigenvalue weighted by atomic mass is 79.9. The van der Waals surface area contributed by atoms with E-state index < -0.39 is 0 Å². The summed E-state index contributed by atoms with van der Waals surface area (Å²) in [7, 11) is 0. The normalized spacial score (nSPS) is 12.5. The minimum absolute atomic E-state index is 0.144. The van der Waals surface area contributed by atoms with Gasteiger partial charge in [-0.05, 0) is 37.0 Å². The predicted molar refractivity (Wildman–Crippen MR) is 67.5 cm³/mol. The van der Waals surface area contributed by atoms with Crippen molar-refractivity contribution >= 4 is 21.7 Å². The summed E-state index contributed by atoms with van der Waals surface area (Å²) in [6.45, 7) is 3.83. The third-order valence-electron chi connectivity index (χ3n) is 2.58. The van der Waals surface area contributed by atoms with E-state index in [1.165, 1.54) is 6.07 Å². The topological polar surface area (TPSA) is 17.1 Å². The molecule has 1 nitrogen and oxygen atoms in total. The third-order valence-corrected chi connectivity index (χ3v) is 3.42. The Morgan fingerprint density at radius 1 is 1.50 bits per heavy atom. The molecule has 0 bridgehead atoms. The first-order chi connectivity index (χ1) is 7.56.